The first-order chi connectivity index (χ1) is 15.1. The van der Waals surface area contributed by atoms with Gasteiger partial charge in [0, 0.05) is 0 Å². The first kappa shape index (κ1) is 20.8. The van der Waals surface area contributed by atoms with E-state index < -0.39 is 8.07 Å². The minimum atomic E-state index is -1.72. The third-order valence-electron chi connectivity index (χ3n) is 5.80. The smallest absolute Gasteiger partial charge is 0.0622 e. The first-order valence-corrected chi connectivity index (χ1v) is 13.8. The van der Waals surface area contributed by atoms with Crippen molar-refractivity contribution in [3.8, 4) is 0 Å². The molecule has 0 bridgehead atoms. The molecule has 0 aliphatic heterocycles. The van der Waals surface area contributed by atoms with E-state index in [1.165, 1.54) is 32.6 Å². The van der Waals surface area contributed by atoms with Gasteiger partial charge < -0.3 is 0 Å². The highest BCUT2D eigenvalue weighted by atomic mass is 28.3. The van der Waals surface area contributed by atoms with Gasteiger partial charge in [0.2, 0.25) is 0 Å². The van der Waals surface area contributed by atoms with E-state index in [4.69, 9.17) is 0 Å². The van der Waals surface area contributed by atoms with Crippen molar-refractivity contribution in [2.45, 2.75) is 13.1 Å². The normalized spacial score (nSPS) is 11.9. The molecular weight excluding hydrogens is 388 g/mol. The molecule has 0 radical (unpaired) electrons. The van der Waals surface area contributed by atoms with E-state index in [0.717, 1.165) is 0 Å². The molecule has 0 atom stereocenters. The second kappa shape index (κ2) is 9.59. The zero-order valence-electron chi connectivity index (χ0n) is 18.2. The summed E-state index contributed by atoms with van der Waals surface area (Å²) in [5.74, 6) is 0. The zero-order chi connectivity index (χ0) is 21.5. The summed E-state index contributed by atoms with van der Waals surface area (Å²) >= 11 is 0. The predicted molar refractivity (Wildman–Crippen MR) is 140 cm³/mol. The van der Waals surface area contributed by atoms with Crippen molar-refractivity contribution in [2.75, 3.05) is 0 Å². The number of benzene rings is 4. The lowest BCUT2D eigenvalue weighted by Crippen LogP contribution is -2.52. The fourth-order valence-corrected chi connectivity index (χ4v) is 6.03. The van der Waals surface area contributed by atoms with Gasteiger partial charge in [-0.3, -0.25) is 0 Å². The van der Waals surface area contributed by atoms with Crippen LogP contribution in [-0.2, 0) is 0 Å². The topological polar surface area (TPSA) is 0 Å². The Morgan fingerprint density at radius 1 is 0.387 bits per heavy atom. The Hall–Kier alpha value is -3.42. The molecule has 0 heterocycles. The monoisotopic (exact) mass is 416 g/mol. The zero-order valence-corrected chi connectivity index (χ0v) is 19.2. The predicted octanol–water partition coefficient (Wildman–Crippen LogP) is 6.85. The van der Waals surface area contributed by atoms with Crippen LogP contribution in [0.2, 0.25) is 13.1 Å². The highest BCUT2D eigenvalue weighted by Gasteiger charge is 2.25. The Labute approximate surface area is 187 Å². The van der Waals surface area contributed by atoms with Gasteiger partial charge in [-0.25, -0.2) is 0 Å². The molecule has 0 aromatic heterocycles. The molecule has 31 heavy (non-hydrogen) atoms. The molecule has 0 aliphatic rings. The Balaban J connectivity index is 1.47. The lowest BCUT2D eigenvalue weighted by atomic mass is 10.1. The summed E-state index contributed by atoms with van der Waals surface area (Å²) < 4.78 is 0. The molecule has 0 saturated heterocycles. The molecular formula is C30H28Si. The highest BCUT2D eigenvalue weighted by Crippen LogP contribution is 2.12. The SMILES string of the molecule is C[Si](C)(c1ccc(C=Cc2ccccc2)cc1)c1ccc(C=Cc2ccccc2)cc1. The second-order valence-corrected chi connectivity index (χ2v) is 12.8. The van der Waals surface area contributed by atoms with Gasteiger partial charge in [-0.2, -0.15) is 0 Å². The molecule has 0 fully saturated rings. The summed E-state index contributed by atoms with van der Waals surface area (Å²) in [5, 5.41) is 2.91. The summed E-state index contributed by atoms with van der Waals surface area (Å²) in [4.78, 5) is 0. The molecule has 1 heteroatoms. The Bertz CT molecular complexity index is 1060. The third-order valence-corrected chi connectivity index (χ3v) is 9.35. The summed E-state index contributed by atoms with van der Waals surface area (Å²) in [6.07, 6.45) is 8.70. The van der Waals surface area contributed by atoms with Crippen LogP contribution in [0.3, 0.4) is 0 Å². The molecule has 0 saturated carbocycles. The van der Waals surface area contributed by atoms with E-state index in [0.29, 0.717) is 0 Å². The van der Waals surface area contributed by atoms with Crippen molar-refractivity contribution >= 4 is 42.8 Å². The van der Waals surface area contributed by atoms with Crippen molar-refractivity contribution in [2.24, 2.45) is 0 Å². The van der Waals surface area contributed by atoms with Crippen LogP contribution in [0.4, 0.5) is 0 Å². The largest absolute Gasteiger partial charge is 0.112 e. The fourth-order valence-electron chi connectivity index (χ4n) is 3.70. The van der Waals surface area contributed by atoms with Gasteiger partial charge in [-0.05, 0) is 22.3 Å². The van der Waals surface area contributed by atoms with Gasteiger partial charge in [-0.1, -0.05) is 157 Å². The van der Waals surface area contributed by atoms with Crippen molar-refractivity contribution in [3.05, 3.63) is 131 Å². The van der Waals surface area contributed by atoms with E-state index in [2.05, 4.69) is 134 Å². The number of hydrogen-bond acceptors (Lipinski definition) is 0. The molecule has 0 aliphatic carbocycles. The summed E-state index contributed by atoms with van der Waals surface area (Å²) in [5.41, 5.74) is 4.92. The third kappa shape index (κ3) is 5.39. The first-order valence-electron chi connectivity index (χ1n) is 10.8. The minimum Gasteiger partial charge on any atom is -0.0622 e. The summed E-state index contributed by atoms with van der Waals surface area (Å²) in [6.45, 7) is 4.85. The van der Waals surface area contributed by atoms with E-state index in [1.807, 2.05) is 12.1 Å². The molecule has 0 unspecified atom stereocenters. The van der Waals surface area contributed by atoms with Crippen LogP contribution in [0.25, 0.3) is 24.3 Å². The maximum atomic E-state index is 2.43. The van der Waals surface area contributed by atoms with Gasteiger partial charge in [0.1, 0.15) is 8.07 Å². The van der Waals surface area contributed by atoms with Crippen LogP contribution >= 0.6 is 0 Å². The van der Waals surface area contributed by atoms with Crippen LogP contribution in [0.1, 0.15) is 22.3 Å². The molecule has 0 N–H and O–H groups in total. The Morgan fingerprint density at radius 2 is 0.677 bits per heavy atom. The average Bonchev–Trinajstić information content (AvgIpc) is 2.83. The molecule has 4 rings (SSSR count). The molecule has 152 valence electrons. The molecule has 0 amide bonds. The van der Waals surface area contributed by atoms with Crippen molar-refractivity contribution in [1.29, 1.82) is 0 Å². The van der Waals surface area contributed by atoms with Gasteiger partial charge in [0.15, 0.2) is 0 Å². The second-order valence-electron chi connectivity index (χ2n) is 8.36. The Kier molecular flexibility index (Phi) is 6.45. The summed E-state index contributed by atoms with van der Waals surface area (Å²) in [7, 11) is -1.72. The van der Waals surface area contributed by atoms with E-state index >= 15 is 0 Å². The van der Waals surface area contributed by atoms with Gasteiger partial charge in [0.05, 0.1) is 0 Å². The standard InChI is InChI=1S/C30H28Si/c1-31(2,29-21-17-27(18-22-29)15-13-25-9-5-3-6-10-25)30-23-19-28(20-24-30)16-14-26-11-7-4-8-12-26/h3-24H,1-2H3. The lowest BCUT2D eigenvalue weighted by Gasteiger charge is -2.24. The van der Waals surface area contributed by atoms with Crippen molar-refractivity contribution in [1.82, 2.24) is 0 Å². The van der Waals surface area contributed by atoms with Gasteiger partial charge in [0.25, 0.3) is 0 Å². The van der Waals surface area contributed by atoms with Crippen LogP contribution < -0.4 is 10.4 Å². The lowest BCUT2D eigenvalue weighted by molar-refractivity contribution is 1.63. The van der Waals surface area contributed by atoms with Crippen molar-refractivity contribution in [3.63, 3.8) is 0 Å². The van der Waals surface area contributed by atoms with Crippen molar-refractivity contribution < 1.29 is 0 Å². The van der Waals surface area contributed by atoms with E-state index in [1.54, 1.807) is 0 Å². The van der Waals surface area contributed by atoms with Crippen LogP contribution in [0.15, 0.2) is 109 Å². The van der Waals surface area contributed by atoms with E-state index in [-0.39, 0.29) is 0 Å². The number of rotatable bonds is 6. The maximum Gasteiger partial charge on any atom is 0.112 e. The fraction of sp³-hybridized carbons (Fsp3) is 0.0667. The number of hydrogen-bond donors (Lipinski definition) is 0. The van der Waals surface area contributed by atoms with Gasteiger partial charge >= 0.3 is 0 Å². The van der Waals surface area contributed by atoms with Crippen LogP contribution in [-0.4, -0.2) is 8.07 Å². The van der Waals surface area contributed by atoms with Crippen LogP contribution in [0.5, 0.6) is 0 Å². The summed E-state index contributed by atoms with van der Waals surface area (Å²) in [6, 6.07) is 39.0. The highest BCUT2D eigenvalue weighted by molar-refractivity contribution is 7.00. The molecule has 0 spiro atoms. The average molecular weight is 417 g/mol. The quantitative estimate of drug-likeness (QED) is 0.238. The van der Waals surface area contributed by atoms with E-state index in [9.17, 15) is 0 Å². The molecule has 0 nitrogen and oxygen atoms in total. The molecule has 4 aromatic rings. The van der Waals surface area contributed by atoms with Crippen LogP contribution in [0, 0.1) is 0 Å². The molecule has 4 aromatic carbocycles. The minimum absolute atomic E-state index is 1.22. The Morgan fingerprint density at radius 3 is 1.00 bits per heavy atom. The maximum absolute atomic E-state index is 2.43. The van der Waals surface area contributed by atoms with Gasteiger partial charge in [-0.15, -0.1) is 0 Å².